The lowest BCUT2D eigenvalue weighted by Crippen LogP contribution is -2.40. The third-order valence-corrected chi connectivity index (χ3v) is 4.19. The molecule has 3 aromatic rings. The molecule has 2 aromatic carbocycles. The predicted octanol–water partition coefficient (Wildman–Crippen LogP) is 3.44. The summed E-state index contributed by atoms with van der Waals surface area (Å²) in [6.07, 6.45) is 1.50. The summed E-state index contributed by atoms with van der Waals surface area (Å²) in [5.74, 6) is -0.178. The standard InChI is InChI=1S/C21H21NO3/c1-21(24,18-13-8-14-25-18)15-22-20(23)19(16-9-4-2-5-10-16)17-11-6-3-7-12-17/h2-14,19,24H,15H2,1H3,(H,22,23). The van der Waals surface area contributed by atoms with E-state index in [-0.39, 0.29) is 12.5 Å². The quantitative estimate of drug-likeness (QED) is 0.725. The Morgan fingerprint density at radius 1 is 1.00 bits per heavy atom. The molecule has 1 atom stereocenters. The van der Waals surface area contributed by atoms with E-state index in [9.17, 15) is 9.90 Å². The number of carbonyl (C=O) groups excluding carboxylic acids is 1. The molecule has 0 fully saturated rings. The van der Waals surface area contributed by atoms with Crippen LogP contribution >= 0.6 is 0 Å². The number of nitrogens with one attached hydrogen (secondary N) is 1. The smallest absolute Gasteiger partial charge is 0.232 e. The van der Waals surface area contributed by atoms with Crippen LogP contribution in [0.2, 0.25) is 0 Å². The average molecular weight is 335 g/mol. The van der Waals surface area contributed by atoms with Gasteiger partial charge in [0.1, 0.15) is 11.4 Å². The molecule has 0 aliphatic rings. The highest BCUT2D eigenvalue weighted by Gasteiger charge is 2.29. The third kappa shape index (κ3) is 3.98. The highest BCUT2D eigenvalue weighted by atomic mass is 16.4. The number of benzene rings is 2. The first-order valence-electron chi connectivity index (χ1n) is 8.22. The molecular formula is C21H21NO3. The summed E-state index contributed by atoms with van der Waals surface area (Å²) in [6.45, 7) is 1.68. The minimum atomic E-state index is -1.27. The van der Waals surface area contributed by atoms with E-state index in [0.717, 1.165) is 11.1 Å². The molecule has 25 heavy (non-hydrogen) atoms. The fraction of sp³-hybridized carbons (Fsp3) is 0.190. The molecule has 1 amide bonds. The lowest BCUT2D eigenvalue weighted by Gasteiger charge is -2.24. The van der Waals surface area contributed by atoms with E-state index in [2.05, 4.69) is 5.32 Å². The first kappa shape index (κ1) is 17.0. The van der Waals surface area contributed by atoms with E-state index in [1.165, 1.54) is 6.26 Å². The zero-order valence-corrected chi connectivity index (χ0v) is 14.1. The molecule has 2 N–H and O–H groups in total. The van der Waals surface area contributed by atoms with Crippen molar-refractivity contribution >= 4 is 5.91 Å². The van der Waals surface area contributed by atoms with Gasteiger partial charge >= 0.3 is 0 Å². The number of amides is 1. The van der Waals surface area contributed by atoms with Crippen LogP contribution in [-0.4, -0.2) is 17.6 Å². The first-order chi connectivity index (χ1) is 12.1. The molecule has 0 radical (unpaired) electrons. The van der Waals surface area contributed by atoms with Crippen molar-refractivity contribution in [2.24, 2.45) is 0 Å². The van der Waals surface area contributed by atoms with Crippen molar-refractivity contribution in [3.05, 3.63) is 95.9 Å². The second-order valence-corrected chi connectivity index (χ2v) is 6.22. The number of aliphatic hydroxyl groups is 1. The Morgan fingerprint density at radius 3 is 2.04 bits per heavy atom. The number of hydrogen-bond donors (Lipinski definition) is 2. The second kappa shape index (κ2) is 7.36. The summed E-state index contributed by atoms with van der Waals surface area (Å²) < 4.78 is 5.26. The van der Waals surface area contributed by atoms with Crippen molar-refractivity contribution in [3.8, 4) is 0 Å². The molecule has 0 saturated heterocycles. The fourth-order valence-electron chi connectivity index (χ4n) is 2.82. The van der Waals surface area contributed by atoms with Crippen LogP contribution in [-0.2, 0) is 10.4 Å². The molecule has 0 aliphatic carbocycles. The topological polar surface area (TPSA) is 62.5 Å². The molecule has 0 spiro atoms. The zero-order valence-electron chi connectivity index (χ0n) is 14.1. The normalized spacial score (nSPS) is 13.4. The minimum absolute atomic E-state index is 0.0650. The monoisotopic (exact) mass is 335 g/mol. The van der Waals surface area contributed by atoms with E-state index in [1.54, 1.807) is 19.1 Å². The van der Waals surface area contributed by atoms with Crippen LogP contribution in [0.25, 0.3) is 0 Å². The molecule has 1 heterocycles. The molecule has 1 aromatic heterocycles. The molecule has 4 nitrogen and oxygen atoms in total. The molecule has 128 valence electrons. The molecule has 0 saturated carbocycles. The Hall–Kier alpha value is -2.85. The maximum atomic E-state index is 12.9. The Morgan fingerprint density at radius 2 is 1.56 bits per heavy atom. The van der Waals surface area contributed by atoms with Crippen molar-refractivity contribution in [1.29, 1.82) is 0 Å². The van der Waals surface area contributed by atoms with Gasteiger partial charge in [0.05, 0.1) is 18.7 Å². The Labute approximate surface area is 147 Å². The molecule has 4 heteroatoms. The summed E-state index contributed by atoms with van der Waals surface area (Å²) in [5.41, 5.74) is 0.546. The fourth-order valence-corrected chi connectivity index (χ4v) is 2.82. The van der Waals surface area contributed by atoms with Gasteiger partial charge in [-0.3, -0.25) is 4.79 Å². The number of carbonyl (C=O) groups is 1. The maximum Gasteiger partial charge on any atom is 0.232 e. The number of rotatable bonds is 6. The van der Waals surface area contributed by atoms with Gasteiger partial charge in [0, 0.05) is 0 Å². The van der Waals surface area contributed by atoms with Crippen LogP contribution in [0.1, 0.15) is 29.7 Å². The van der Waals surface area contributed by atoms with Crippen LogP contribution in [0.5, 0.6) is 0 Å². The average Bonchev–Trinajstić information content (AvgIpc) is 3.18. The van der Waals surface area contributed by atoms with Crippen LogP contribution < -0.4 is 5.32 Å². The lowest BCUT2D eigenvalue weighted by molar-refractivity contribution is -0.123. The van der Waals surface area contributed by atoms with Crippen molar-refractivity contribution in [3.63, 3.8) is 0 Å². The molecule has 0 aliphatic heterocycles. The van der Waals surface area contributed by atoms with Gasteiger partial charge in [-0.15, -0.1) is 0 Å². The predicted molar refractivity (Wildman–Crippen MR) is 96.0 cm³/mol. The highest BCUT2D eigenvalue weighted by Crippen LogP contribution is 2.26. The van der Waals surface area contributed by atoms with E-state index < -0.39 is 11.5 Å². The van der Waals surface area contributed by atoms with Crippen LogP contribution in [0, 0.1) is 0 Å². The van der Waals surface area contributed by atoms with E-state index in [1.807, 2.05) is 60.7 Å². The van der Waals surface area contributed by atoms with Crippen molar-refractivity contribution in [1.82, 2.24) is 5.32 Å². The zero-order chi connectivity index (χ0) is 17.7. The van der Waals surface area contributed by atoms with Crippen molar-refractivity contribution in [2.75, 3.05) is 6.54 Å². The van der Waals surface area contributed by atoms with Gasteiger partial charge in [-0.25, -0.2) is 0 Å². The van der Waals surface area contributed by atoms with Gasteiger partial charge in [-0.1, -0.05) is 60.7 Å². The van der Waals surface area contributed by atoms with Gasteiger partial charge in [0.2, 0.25) is 5.91 Å². The second-order valence-electron chi connectivity index (χ2n) is 6.22. The third-order valence-electron chi connectivity index (χ3n) is 4.19. The Bertz CT molecular complexity index is 756. The summed E-state index contributed by atoms with van der Waals surface area (Å²) in [5, 5.41) is 13.4. The molecule has 0 bridgehead atoms. The van der Waals surface area contributed by atoms with Crippen molar-refractivity contribution in [2.45, 2.75) is 18.4 Å². The number of hydrogen-bond acceptors (Lipinski definition) is 3. The largest absolute Gasteiger partial charge is 0.466 e. The molecule has 3 rings (SSSR count). The first-order valence-corrected chi connectivity index (χ1v) is 8.22. The van der Waals surface area contributed by atoms with Gasteiger partial charge in [0.15, 0.2) is 0 Å². The highest BCUT2D eigenvalue weighted by molar-refractivity contribution is 5.87. The van der Waals surface area contributed by atoms with E-state index in [4.69, 9.17) is 4.42 Å². The summed E-state index contributed by atoms with van der Waals surface area (Å²) >= 11 is 0. The van der Waals surface area contributed by atoms with Gasteiger partial charge in [0.25, 0.3) is 0 Å². The number of furan rings is 1. The van der Waals surface area contributed by atoms with Gasteiger partial charge < -0.3 is 14.8 Å². The molecular weight excluding hydrogens is 314 g/mol. The summed E-state index contributed by atoms with van der Waals surface area (Å²) in [6, 6.07) is 22.6. The van der Waals surface area contributed by atoms with Crippen LogP contribution in [0.3, 0.4) is 0 Å². The van der Waals surface area contributed by atoms with Crippen LogP contribution in [0.15, 0.2) is 83.5 Å². The minimum Gasteiger partial charge on any atom is -0.466 e. The Balaban J connectivity index is 1.81. The van der Waals surface area contributed by atoms with Gasteiger partial charge in [-0.2, -0.15) is 0 Å². The SMILES string of the molecule is CC(O)(CNC(=O)C(c1ccccc1)c1ccccc1)c1ccco1. The van der Waals surface area contributed by atoms with Gasteiger partial charge in [-0.05, 0) is 30.2 Å². The molecule has 1 unspecified atom stereocenters. The van der Waals surface area contributed by atoms with Crippen LogP contribution in [0.4, 0.5) is 0 Å². The Kier molecular flexibility index (Phi) is 5.00. The van der Waals surface area contributed by atoms with E-state index >= 15 is 0 Å². The lowest BCUT2D eigenvalue weighted by atomic mass is 9.90. The summed E-state index contributed by atoms with van der Waals surface area (Å²) in [4.78, 5) is 12.9. The van der Waals surface area contributed by atoms with E-state index in [0.29, 0.717) is 5.76 Å². The van der Waals surface area contributed by atoms with Crippen molar-refractivity contribution < 1.29 is 14.3 Å². The summed E-state index contributed by atoms with van der Waals surface area (Å²) in [7, 11) is 0. The maximum absolute atomic E-state index is 12.9.